The Labute approximate surface area is 126 Å². The van der Waals surface area contributed by atoms with Crippen LogP contribution in [0.5, 0.6) is 0 Å². The maximum Gasteiger partial charge on any atom is 0.251 e. The molecule has 1 aliphatic carbocycles. The lowest BCUT2D eigenvalue weighted by Crippen LogP contribution is -2.37. The van der Waals surface area contributed by atoms with E-state index in [2.05, 4.69) is 12.2 Å². The summed E-state index contributed by atoms with van der Waals surface area (Å²) >= 11 is 0. The maximum absolute atomic E-state index is 12.1. The van der Waals surface area contributed by atoms with Crippen molar-refractivity contribution in [2.45, 2.75) is 50.0 Å². The molecule has 1 aromatic rings. The summed E-state index contributed by atoms with van der Waals surface area (Å²) in [5.74, 6) is 0.628. The first-order valence-electron chi connectivity index (χ1n) is 7.34. The van der Waals surface area contributed by atoms with E-state index < -0.39 is 10.0 Å². The van der Waals surface area contributed by atoms with Crippen molar-refractivity contribution in [2.24, 2.45) is 11.1 Å². The van der Waals surface area contributed by atoms with E-state index in [0.29, 0.717) is 5.56 Å². The first-order valence-corrected chi connectivity index (χ1v) is 8.88. The van der Waals surface area contributed by atoms with Gasteiger partial charge >= 0.3 is 0 Å². The molecule has 6 heteroatoms. The molecule has 3 N–H and O–H groups in total. The van der Waals surface area contributed by atoms with E-state index in [1.165, 1.54) is 30.7 Å². The Kier molecular flexibility index (Phi) is 5.00. The molecule has 1 aliphatic rings. The number of nitrogens with one attached hydrogen (secondary N) is 1. The summed E-state index contributed by atoms with van der Waals surface area (Å²) < 4.78 is 22.3. The molecule has 0 bridgehead atoms. The van der Waals surface area contributed by atoms with Crippen molar-refractivity contribution in [3.05, 3.63) is 29.8 Å². The Morgan fingerprint density at radius 1 is 1.19 bits per heavy atom. The van der Waals surface area contributed by atoms with Gasteiger partial charge in [0.15, 0.2) is 0 Å². The number of hydrogen-bond acceptors (Lipinski definition) is 3. The molecule has 1 aromatic carbocycles. The average Bonchev–Trinajstić information content (AvgIpc) is 2.47. The maximum atomic E-state index is 12.1. The number of sulfonamides is 1. The summed E-state index contributed by atoms with van der Waals surface area (Å²) in [4.78, 5) is 12.1. The average molecular weight is 310 g/mol. The van der Waals surface area contributed by atoms with Gasteiger partial charge in [-0.25, -0.2) is 13.6 Å². The third-order valence-electron chi connectivity index (χ3n) is 4.20. The van der Waals surface area contributed by atoms with Gasteiger partial charge in [-0.1, -0.05) is 13.3 Å². The molecular formula is C15H22N2O3S. The highest BCUT2D eigenvalue weighted by Crippen LogP contribution is 2.26. The molecule has 21 heavy (non-hydrogen) atoms. The SMILES string of the molecule is CCC1CCC(NC(=O)c2ccc(S(N)(=O)=O)cc2)CC1. The minimum Gasteiger partial charge on any atom is -0.349 e. The predicted molar refractivity (Wildman–Crippen MR) is 81.3 cm³/mol. The molecule has 116 valence electrons. The number of carbonyl (C=O) groups excluding carboxylic acids is 1. The summed E-state index contributed by atoms with van der Waals surface area (Å²) in [6.45, 7) is 2.20. The predicted octanol–water partition coefficient (Wildman–Crippen LogP) is 2.03. The first kappa shape index (κ1) is 16.0. The van der Waals surface area contributed by atoms with Gasteiger partial charge in [-0.2, -0.15) is 0 Å². The zero-order chi connectivity index (χ0) is 15.5. The third-order valence-corrected chi connectivity index (χ3v) is 5.13. The van der Waals surface area contributed by atoms with E-state index in [1.54, 1.807) is 0 Å². The third kappa shape index (κ3) is 4.28. The highest BCUT2D eigenvalue weighted by atomic mass is 32.2. The molecule has 1 fully saturated rings. The van der Waals surface area contributed by atoms with Crippen LogP contribution >= 0.6 is 0 Å². The van der Waals surface area contributed by atoms with E-state index in [9.17, 15) is 13.2 Å². The van der Waals surface area contributed by atoms with Gasteiger partial charge in [-0.15, -0.1) is 0 Å². The summed E-state index contributed by atoms with van der Waals surface area (Å²) in [5, 5.41) is 8.05. The van der Waals surface area contributed by atoms with Crippen LogP contribution in [0.2, 0.25) is 0 Å². The molecule has 0 heterocycles. The van der Waals surface area contributed by atoms with Gasteiger partial charge in [0, 0.05) is 11.6 Å². The second-order valence-corrected chi connectivity index (χ2v) is 7.23. The fourth-order valence-electron chi connectivity index (χ4n) is 2.78. The molecule has 0 radical (unpaired) electrons. The lowest BCUT2D eigenvalue weighted by atomic mass is 9.84. The molecule has 0 atom stereocenters. The number of hydrogen-bond donors (Lipinski definition) is 2. The highest BCUT2D eigenvalue weighted by Gasteiger charge is 2.21. The lowest BCUT2D eigenvalue weighted by Gasteiger charge is -2.28. The fraction of sp³-hybridized carbons (Fsp3) is 0.533. The normalized spacial score (nSPS) is 22.8. The van der Waals surface area contributed by atoms with Crippen molar-refractivity contribution in [2.75, 3.05) is 0 Å². The first-order chi connectivity index (χ1) is 9.90. The lowest BCUT2D eigenvalue weighted by molar-refractivity contribution is 0.0921. The smallest absolute Gasteiger partial charge is 0.251 e. The molecule has 5 nitrogen and oxygen atoms in total. The Bertz CT molecular complexity index is 588. The number of primary sulfonamides is 1. The van der Waals surface area contributed by atoms with Crippen molar-refractivity contribution >= 4 is 15.9 Å². The number of nitrogens with two attached hydrogens (primary N) is 1. The standard InChI is InChI=1S/C15H22N2O3S/c1-2-11-3-7-13(8-4-11)17-15(18)12-5-9-14(10-6-12)21(16,19)20/h5-6,9-11,13H,2-4,7-8H2,1H3,(H,17,18)(H2,16,19,20). The van der Waals surface area contributed by atoms with Crippen LogP contribution in [0.4, 0.5) is 0 Å². The summed E-state index contributed by atoms with van der Waals surface area (Å²) in [5.41, 5.74) is 0.458. The molecular weight excluding hydrogens is 288 g/mol. The van der Waals surface area contributed by atoms with Gasteiger partial charge in [0.1, 0.15) is 0 Å². The van der Waals surface area contributed by atoms with Crippen LogP contribution in [0.15, 0.2) is 29.2 Å². The van der Waals surface area contributed by atoms with Crippen molar-refractivity contribution in [3.63, 3.8) is 0 Å². The number of rotatable bonds is 4. The van der Waals surface area contributed by atoms with Crippen LogP contribution in [0, 0.1) is 5.92 Å². The molecule has 0 aromatic heterocycles. The largest absolute Gasteiger partial charge is 0.349 e. The monoisotopic (exact) mass is 310 g/mol. The summed E-state index contributed by atoms with van der Waals surface area (Å²) in [6, 6.07) is 5.92. The highest BCUT2D eigenvalue weighted by molar-refractivity contribution is 7.89. The minimum atomic E-state index is -3.71. The van der Waals surface area contributed by atoms with Crippen molar-refractivity contribution in [3.8, 4) is 0 Å². The molecule has 2 rings (SSSR count). The van der Waals surface area contributed by atoms with Crippen LogP contribution in [0.25, 0.3) is 0 Å². The summed E-state index contributed by atoms with van der Waals surface area (Å²) in [6.07, 6.45) is 5.55. The van der Waals surface area contributed by atoms with Crippen LogP contribution < -0.4 is 10.5 Å². The van der Waals surface area contributed by atoms with Crippen molar-refractivity contribution in [1.82, 2.24) is 5.32 Å². The zero-order valence-corrected chi connectivity index (χ0v) is 13.0. The van der Waals surface area contributed by atoms with Crippen molar-refractivity contribution < 1.29 is 13.2 Å². The van der Waals surface area contributed by atoms with E-state index in [-0.39, 0.29) is 16.8 Å². The van der Waals surface area contributed by atoms with Gasteiger partial charge in [0.05, 0.1) is 4.90 Å². The van der Waals surface area contributed by atoms with E-state index >= 15 is 0 Å². The van der Waals surface area contributed by atoms with Gasteiger partial charge in [-0.3, -0.25) is 4.79 Å². The van der Waals surface area contributed by atoms with E-state index in [1.807, 2.05) is 0 Å². The number of benzene rings is 1. The Morgan fingerprint density at radius 2 is 1.76 bits per heavy atom. The van der Waals surface area contributed by atoms with E-state index in [4.69, 9.17) is 5.14 Å². The van der Waals surface area contributed by atoms with Gasteiger partial charge in [0.2, 0.25) is 10.0 Å². The number of carbonyl (C=O) groups is 1. The minimum absolute atomic E-state index is 0.0162. The molecule has 0 spiro atoms. The van der Waals surface area contributed by atoms with Crippen LogP contribution in [-0.4, -0.2) is 20.4 Å². The van der Waals surface area contributed by atoms with E-state index in [0.717, 1.165) is 31.6 Å². The van der Waals surface area contributed by atoms with Gasteiger partial charge in [-0.05, 0) is 55.9 Å². The Balaban J connectivity index is 1.95. The van der Waals surface area contributed by atoms with Crippen LogP contribution in [0.3, 0.4) is 0 Å². The molecule has 1 saturated carbocycles. The Hall–Kier alpha value is -1.40. The second kappa shape index (κ2) is 6.58. The molecule has 0 saturated heterocycles. The molecule has 0 aliphatic heterocycles. The Morgan fingerprint density at radius 3 is 2.24 bits per heavy atom. The summed E-state index contributed by atoms with van der Waals surface area (Å²) in [7, 11) is -3.71. The molecule has 1 amide bonds. The van der Waals surface area contributed by atoms with Crippen LogP contribution in [-0.2, 0) is 10.0 Å². The van der Waals surface area contributed by atoms with Crippen LogP contribution in [0.1, 0.15) is 49.4 Å². The topological polar surface area (TPSA) is 89.3 Å². The molecule has 0 unspecified atom stereocenters. The fourth-order valence-corrected chi connectivity index (χ4v) is 3.30. The van der Waals surface area contributed by atoms with Gasteiger partial charge in [0.25, 0.3) is 5.91 Å². The zero-order valence-electron chi connectivity index (χ0n) is 12.2. The van der Waals surface area contributed by atoms with Crippen molar-refractivity contribution in [1.29, 1.82) is 0 Å². The number of amides is 1. The van der Waals surface area contributed by atoms with Gasteiger partial charge < -0.3 is 5.32 Å². The second-order valence-electron chi connectivity index (χ2n) is 5.67. The quantitative estimate of drug-likeness (QED) is 0.891.